The molecule has 0 fully saturated rings. The molecule has 1 aliphatic carbocycles. The molecule has 2 N–H and O–H groups in total. The predicted molar refractivity (Wildman–Crippen MR) is 107 cm³/mol. The summed E-state index contributed by atoms with van der Waals surface area (Å²) in [6.45, 7) is -0.547. The molecule has 0 radical (unpaired) electrons. The Morgan fingerprint density at radius 1 is 1.09 bits per heavy atom. The molecule has 1 atom stereocenters. The average Bonchev–Trinajstić information content (AvgIpc) is 3.38. The van der Waals surface area contributed by atoms with Gasteiger partial charge in [0.1, 0.15) is 12.2 Å². The average molecular weight is 441 g/mol. The van der Waals surface area contributed by atoms with E-state index in [-0.39, 0.29) is 28.7 Å². The molecule has 1 amide bonds. The molecule has 1 aliphatic heterocycles. The summed E-state index contributed by atoms with van der Waals surface area (Å²) in [5, 5.41) is 0. The zero-order valence-electron chi connectivity index (χ0n) is 17.5. The largest absolute Gasteiger partial charge is 0.469 e. The van der Waals surface area contributed by atoms with E-state index in [2.05, 4.69) is 4.98 Å². The summed E-state index contributed by atoms with van der Waals surface area (Å²) in [7, 11) is 3.47. The number of ether oxygens (including phenoxy) is 3. The standard InChI is InChI=1S/C21H19N3O8/c1-29-13(25)8-12-15(18(27)31-3)21(19(28)24(12)9-14(26)30-2)11-7-5-4-6-10(11)16-17(21)23-20(22)32-16/h4-7H,8-9H2,1-3H3,(H2,22,23). The van der Waals surface area contributed by atoms with Gasteiger partial charge >= 0.3 is 17.9 Å². The van der Waals surface area contributed by atoms with Crippen molar-refractivity contribution in [2.24, 2.45) is 0 Å². The van der Waals surface area contributed by atoms with Gasteiger partial charge in [0.2, 0.25) is 5.91 Å². The number of aromatic nitrogens is 1. The molecule has 0 saturated carbocycles. The topological polar surface area (TPSA) is 151 Å². The van der Waals surface area contributed by atoms with E-state index in [1.165, 1.54) is 7.11 Å². The number of hydrogen-bond donors (Lipinski definition) is 1. The van der Waals surface area contributed by atoms with Gasteiger partial charge in [0.05, 0.1) is 33.3 Å². The number of nitrogens with two attached hydrogens (primary N) is 1. The van der Waals surface area contributed by atoms with Crippen molar-refractivity contribution in [2.45, 2.75) is 11.8 Å². The van der Waals surface area contributed by atoms with Crippen LogP contribution in [0.3, 0.4) is 0 Å². The molecule has 11 nitrogen and oxygen atoms in total. The second-order valence-corrected chi connectivity index (χ2v) is 7.06. The van der Waals surface area contributed by atoms with Crippen molar-refractivity contribution in [3.05, 3.63) is 46.8 Å². The van der Waals surface area contributed by atoms with Gasteiger partial charge in [-0.1, -0.05) is 24.3 Å². The van der Waals surface area contributed by atoms with E-state index >= 15 is 0 Å². The van der Waals surface area contributed by atoms with Gasteiger partial charge in [0, 0.05) is 11.3 Å². The Morgan fingerprint density at radius 2 is 1.78 bits per heavy atom. The summed E-state index contributed by atoms with van der Waals surface area (Å²) >= 11 is 0. The fraction of sp³-hybridized carbons (Fsp3) is 0.286. The first-order valence-corrected chi connectivity index (χ1v) is 9.45. The highest BCUT2D eigenvalue weighted by Crippen LogP contribution is 2.58. The van der Waals surface area contributed by atoms with Crippen LogP contribution in [0.1, 0.15) is 17.7 Å². The third kappa shape index (κ3) is 2.70. The summed E-state index contributed by atoms with van der Waals surface area (Å²) in [5.41, 5.74) is 4.71. The van der Waals surface area contributed by atoms with E-state index in [0.29, 0.717) is 11.1 Å². The summed E-state index contributed by atoms with van der Waals surface area (Å²) in [4.78, 5) is 56.7. The number of carbonyl (C=O) groups excluding carboxylic acids is 4. The monoisotopic (exact) mass is 441 g/mol. The fourth-order valence-electron chi connectivity index (χ4n) is 4.29. The minimum absolute atomic E-state index is 0.0525. The van der Waals surface area contributed by atoms with Gasteiger partial charge in [-0.25, -0.2) is 4.79 Å². The van der Waals surface area contributed by atoms with Gasteiger partial charge in [0.15, 0.2) is 11.2 Å². The van der Waals surface area contributed by atoms with Crippen molar-refractivity contribution in [1.82, 2.24) is 9.88 Å². The van der Waals surface area contributed by atoms with Crippen molar-refractivity contribution in [1.29, 1.82) is 0 Å². The number of oxazole rings is 1. The highest BCUT2D eigenvalue weighted by molar-refractivity contribution is 6.15. The molecule has 0 bridgehead atoms. The molecule has 1 unspecified atom stereocenters. The van der Waals surface area contributed by atoms with Gasteiger partial charge in [-0.2, -0.15) is 4.98 Å². The van der Waals surface area contributed by atoms with E-state index in [0.717, 1.165) is 19.1 Å². The lowest BCUT2D eigenvalue weighted by atomic mass is 9.74. The number of benzene rings is 1. The second-order valence-electron chi connectivity index (χ2n) is 7.06. The quantitative estimate of drug-likeness (QED) is 0.514. The molecule has 4 rings (SSSR count). The van der Waals surface area contributed by atoms with Gasteiger partial charge in [0.25, 0.3) is 6.01 Å². The summed E-state index contributed by atoms with van der Waals surface area (Å²) < 4.78 is 20.0. The number of amides is 1. The smallest absolute Gasteiger partial charge is 0.337 e. The van der Waals surface area contributed by atoms with Gasteiger partial charge < -0.3 is 29.3 Å². The molecule has 166 valence electrons. The first-order chi connectivity index (χ1) is 15.3. The van der Waals surface area contributed by atoms with Crippen LogP contribution in [0, 0.1) is 0 Å². The molecule has 2 aliphatic rings. The third-order valence-electron chi connectivity index (χ3n) is 5.57. The zero-order chi connectivity index (χ0) is 23.2. The SMILES string of the molecule is COC(=O)CC1=C(C(=O)OC)C2(C(=O)N1CC(=O)OC)c1ccccc1-c1oc(N)nc12. The molecular weight excluding hydrogens is 422 g/mol. The summed E-state index contributed by atoms with van der Waals surface area (Å²) in [6, 6.07) is 6.53. The van der Waals surface area contributed by atoms with Crippen LogP contribution in [-0.4, -0.2) is 61.6 Å². The second kappa shape index (κ2) is 7.52. The van der Waals surface area contributed by atoms with Crippen molar-refractivity contribution in [3.8, 4) is 11.3 Å². The van der Waals surface area contributed by atoms with E-state index in [1.807, 2.05) is 0 Å². The maximum Gasteiger partial charge on any atom is 0.337 e. The number of nitrogen functional groups attached to an aromatic ring is 1. The zero-order valence-corrected chi connectivity index (χ0v) is 17.5. The Bertz CT molecular complexity index is 1200. The van der Waals surface area contributed by atoms with E-state index in [4.69, 9.17) is 24.4 Å². The Balaban J connectivity index is 2.09. The van der Waals surface area contributed by atoms with Crippen molar-refractivity contribution < 1.29 is 37.8 Å². The lowest BCUT2D eigenvalue weighted by molar-refractivity contribution is -0.147. The molecular formula is C21H19N3O8. The van der Waals surface area contributed by atoms with Crippen LogP contribution < -0.4 is 5.73 Å². The van der Waals surface area contributed by atoms with Crippen LogP contribution in [-0.2, 0) is 38.8 Å². The molecule has 2 aromatic rings. The van der Waals surface area contributed by atoms with Crippen LogP contribution in [0.25, 0.3) is 11.3 Å². The molecule has 2 heterocycles. The molecule has 1 aromatic carbocycles. The summed E-state index contributed by atoms with van der Waals surface area (Å²) in [5.74, 6) is -2.85. The number of esters is 3. The number of carbonyl (C=O) groups is 4. The van der Waals surface area contributed by atoms with E-state index in [9.17, 15) is 19.2 Å². The Kier molecular flexibility index (Phi) is 4.96. The van der Waals surface area contributed by atoms with Crippen molar-refractivity contribution >= 4 is 29.8 Å². The highest BCUT2D eigenvalue weighted by Gasteiger charge is 2.64. The first-order valence-electron chi connectivity index (χ1n) is 9.45. The number of anilines is 1. The minimum Gasteiger partial charge on any atom is -0.469 e. The van der Waals surface area contributed by atoms with Crippen LogP contribution >= 0.6 is 0 Å². The Labute approximate surface area is 181 Å². The first kappa shape index (κ1) is 21.1. The maximum atomic E-state index is 14.0. The van der Waals surface area contributed by atoms with E-state index < -0.39 is 42.2 Å². The van der Waals surface area contributed by atoms with Crippen LogP contribution in [0.15, 0.2) is 40.0 Å². The number of fused-ring (bicyclic) bond motifs is 5. The highest BCUT2D eigenvalue weighted by atomic mass is 16.5. The van der Waals surface area contributed by atoms with Gasteiger partial charge in [-0.15, -0.1) is 0 Å². The number of hydrogen-bond acceptors (Lipinski definition) is 10. The van der Waals surface area contributed by atoms with Gasteiger partial charge in [-0.3, -0.25) is 14.4 Å². The van der Waals surface area contributed by atoms with Crippen LogP contribution in [0.5, 0.6) is 0 Å². The third-order valence-corrected chi connectivity index (χ3v) is 5.57. The van der Waals surface area contributed by atoms with Gasteiger partial charge in [-0.05, 0) is 5.56 Å². The molecule has 0 saturated heterocycles. The maximum absolute atomic E-state index is 14.0. The van der Waals surface area contributed by atoms with Crippen LogP contribution in [0.2, 0.25) is 0 Å². The molecule has 11 heteroatoms. The predicted octanol–water partition coefficient (Wildman–Crippen LogP) is 0.529. The Morgan fingerprint density at radius 3 is 2.44 bits per heavy atom. The minimum atomic E-state index is -1.82. The van der Waals surface area contributed by atoms with Crippen LogP contribution in [0.4, 0.5) is 6.01 Å². The van der Waals surface area contributed by atoms with Crippen molar-refractivity contribution in [2.75, 3.05) is 33.6 Å². The normalized spacial score (nSPS) is 18.6. The molecule has 1 spiro atoms. The lowest BCUT2D eigenvalue weighted by Gasteiger charge is -2.26. The fourth-order valence-corrected chi connectivity index (χ4v) is 4.29. The number of rotatable bonds is 5. The Hall–Kier alpha value is -4.15. The lowest BCUT2D eigenvalue weighted by Crippen LogP contribution is -2.44. The van der Waals surface area contributed by atoms with Crippen molar-refractivity contribution in [3.63, 3.8) is 0 Å². The number of methoxy groups -OCH3 is 3. The van der Waals surface area contributed by atoms with E-state index in [1.54, 1.807) is 24.3 Å². The molecule has 1 aromatic heterocycles. The number of nitrogens with zero attached hydrogens (tertiary/aromatic N) is 2. The molecule has 32 heavy (non-hydrogen) atoms. The summed E-state index contributed by atoms with van der Waals surface area (Å²) in [6.07, 6.45) is -0.476.